The van der Waals surface area contributed by atoms with Crippen molar-refractivity contribution < 1.29 is 139 Å². The summed E-state index contributed by atoms with van der Waals surface area (Å²) >= 11 is 0. The van der Waals surface area contributed by atoms with Crippen LogP contribution in [0.3, 0.4) is 0 Å². The van der Waals surface area contributed by atoms with E-state index >= 15 is 0 Å². The normalized spacial score (nSPS) is 11.4. The quantitative estimate of drug-likeness (QED) is 0.0206. The van der Waals surface area contributed by atoms with Crippen LogP contribution in [0.1, 0.15) is 96.4 Å². The minimum absolute atomic E-state index is 0. The molecule has 0 heterocycles. The molecule has 98 heavy (non-hydrogen) atoms. The molecule has 2 amide bonds. The molecule has 0 aliphatic carbocycles. The number of carbonyl (C=O) groups is 13. The molecule has 0 spiro atoms. The molecule has 0 aromatic heterocycles. The Morgan fingerprint density at radius 2 is 0.602 bits per heavy atom. The molecule has 0 rings (SSSR count). The minimum atomic E-state index is -1.40. The summed E-state index contributed by atoms with van der Waals surface area (Å²) in [6.07, 6.45) is -5.99. The number of ether oxygens (including phenoxy) is 14. The Kier molecular flexibility index (Phi) is 48.0. The highest BCUT2D eigenvalue weighted by molar-refractivity contribution is 5.92. The lowest BCUT2D eigenvalue weighted by Crippen LogP contribution is -2.38. The van der Waals surface area contributed by atoms with Gasteiger partial charge in [-0.05, 0) is 89.0 Å². The standard InChI is InChI=1S/C36H50N2O16.C22H32O10.C7H9NO3.CH4/c1-21(2)28(39)47-14-12-37-34(45)53-26(17-49-30(41)23(5)6)19-51-32(43)25(9)16-36(10,11)33(44)52-20-27(18-50-31(42)24(7)8)54-35(46)38-13-15-48-29(40)22(3)4;1-13(2)18(25)29-9-16(23)11-31-20(27)15(5)8-22(6,7)21(28)32-12-17(24)10-30-19(26)14(3)4;1-6(2)7(9)11-4-3-10-5-8;/h26-27H,1,3,5,7,9,12-20H2,2,4,6,8,10-11H3,(H,37,45)(H,38,46);16-17,23-24H,1,3,5,8-12H2,2,4,6-7H3;1,3-4H2,2H3;1H4. The monoisotopic (exact) mass is 1390 g/mol. The van der Waals surface area contributed by atoms with Crippen molar-refractivity contribution in [2.45, 2.75) is 121 Å². The fraction of sp³-hybridized carbons (Fsp3) is 0.515. The second kappa shape index (κ2) is 50.0. The van der Waals surface area contributed by atoms with Crippen molar-refractivity contribution in [1.29, 1.82) is 5.26 Å². The van der Waals surface area contributed by atoms with E-state index in [4.69, 9.17) is 62.1 Å². The summed E-state index contributed by atoms with van der Waals surface area (Å²) in [6.45, 7) is 43.0. The Morgan fingerprint density at radius 1 is 0.367 bits per heavy atom. The summed E-state index contributed by atoms with van der Waals surface area (Å²) in [7, 11) is 0. The summed E-state index contributed by atoms with van der Waals surface area (Å²) in [4.78, 5) is 155. The van der Waals surface area contributed by atoms with Gasteiger partial charge in [-0.25, -0.2) is 52.7 Å². The number of esters is 11. The smallest absolute Gasteiger partial charge is 0.407 e. The minimum Gasteiger partial charge on any atom is -0.462 e. The molecular formula is C66H95N3O29. The number of amides is 2. The molecule has 0 fully saturated rings. The highest BCUT2D eigenvalue weighted by Gasteiger charge is 2.35. The zero-order chi connectivity index (χ0) is 75.3. The third kappa shape index (κ3) is 45.8. The van der Waals surface area contributed by atoms with Crippen LogP contribution in [0.25, 0.3) is 0 Å². The van der Waals surface area contributed by atoms with Crippen LogP contribution in [-0.2, 0) is 119 Å². The topological polar surface area (TPSA) is 439 Å². The predicted molar refractivity (Wildman–Crippen MR) is 346 cm³/mol. The molecule has 0 aromatic carbocycles. The number of aliphatic hydroxyl groups excluding tert-OH is 2. The van der Waals surface area contributed by atoms with Gasteiger partial charge in [-0.1, -0.05) is 66.6 Å². The van der Waals surface area contributed by atoms with E-state index in [-0.39, 0.29) is 118 Å². The van der Waals surface area contributed by atoms with E-state index in [0.29, 0.717) is 5.57 Å². The van der Waals surface area contributed by atoms with E-state index in [2.05, 4.69) is 79.3 Å². The first-order valence-electron chi connectivity index (χ1n) is 29.0. The molecular weight excluding hydrogens is 1300 g/mol. The van der Waals surface area contributed by atoms with Gasteiger partial charge in [-0.3, -0.25) is 9.59 Å². The van der Waals surface area contributed by atoms with Crippen LogP contribution >= 0.6 is 0 Å². The highest BCUT2D eigenvalue weighted by Crippen LogP contribution is 2.28. The number of carbonyl (C=O) groups excluding carboxylic acids is 13. The molecule has 32 nitrogen and oxygen atoms in total. The number of nitrogens with one attached hydrogen (secondary N) is 2. The maximum atomic E-state index is 13.1. The molecule has 0 aromatic rings. The van der Waals surface area contributed by atoms with Gasteiger partial charge in [0, 0.05) is 50.2 Å². The zero-order valence-corrected chi connectivity index (χ0v) is 56.9. The Hall–Kier alpha value is -10.4. The van der Waals surface area contributed by atoms with Crippen LogP contribution < -0.4 is 10.6 Å². The summed E-state index contributed by atoms with van der Waals surface area (Å²) in [5.41, 5.74) is -1.69. The first-order valence-corrected chi connectivity index (χ1v) is 29.0. The number of nitrogens with zero attached hydrogens (tertiary/aromatic N) is 1. The third-order valence-electron chi connectivity index (χ3n) is 10.9. The molecule has 0 aliphatic heterocycles. The van der Waals surface area contributed by atoms with E-state index in [1.54, 1.807) is 6.92 Å². The largest absolute Gasteiger partial charge is 0.462 e. The summed E-state index contributed by atoms with van der Waals surface area (Å²) in [5, 5.41) is 32.0. The van der Waals surface area contributed by atoms with Gasteiger partial charge in [-0.2, -0.15) is 5.26 Å². The van der Waals surface area contributed by atoms with Gasteiger partial charge in [0.2, 0.25) is 0 Å². The van der Waals surface area contributed by atoms with Gasteiger partial charge in [0.1, 0.15) is 91.5 Å². The first kappa shape index (κ1) is 94.0. The van der Waals surface area contributed by atoms with E-state index in [1.165, 1.54) is 75.5 Å². The molecule has 0 saturated heterocycles. The molecule has 32 heteroatoms. The van der Waals surface area contributed by atoms with Gasteiger partial charge in [-0.15, -0.1) is 0 Å². The molecule has 0 aliphatic rings. The van der Waals surface area contributed by atoms with Crippen LogP contribution in [0.2, 0.25) is 0 Å². The van der Waals surface area contributed by atoms with Crippen LogP contribution in [0.4, 0.5) is 9.59 Å². The van der Waals surface area contributed by atoms with Crippen LogP contribution in [0.5, 0.6) is 0 Å². The Morgan fingerprint density at radius 3 is 0.898 bits per heavy atom. The number of hydrogen-bond acceptors (Lipinski definition) is 30. The van der Waals surface area contributed by atoms with Crippen molar-refractivity contribution in [3.8, 4) is 6.26 Å². The maximum Gasteiger partial charge on any atom is 0.407 e. The fourth-order valence-electron chi connectivity index (χ4n) is 5.70. The van der Waals surface area contributed by atoms with Gasteiger partial charge in [0.15, 0.2) is 12.2 Å². The average molecular weight is 1390 g/mol. The fourth-order valence-corrected chi connectivity index (χ4v) is 5.70. The van der Waals surface area contributed by atoms with Crippen molar-refractivity contribution in [2.75, 3.05) is 92.4 Å². The lowest BCUT2D eigenvalue weighted by Gasteiger charge is -2.25. The molecule has 4 unspecified atom stereocenters. The van der Waals surface area contributed by atoms with Crippen molar-refractivity contribution in [3.63, 3.8) is 0 Å². The summed E-state index contributed by atoms with van der Waals surface area (Å²) in [6, 6.07) is 0. The highest BCUT2D eigenvalue weighted by atomic mass is 16.6. The number of nitriles is 1. The maximum absolute atomic E-state index is 13.1. The number of hydrogen-bond donors (Lipinski definition) is 4. The van der Waals surface area contributed by atoms with Crippen LogP contribution in [0.15, 0.2) is 109 Å². The Labute approximate surface area is 570 Å². The lowest BCUT2D eigenvalue weighted by molar-refractivity contribution is -0.160. The number of rotatable bonds is 42. The van der Waals surface area contributed by atoms with Gasteiger partial charge >= 0.3 is 77.8 Å². The molecule has 4 N–H and O–H groups in total. The van der Waals surface area contributed by atoms with Gasteiger partial charge in [0.05, 0.1) is 23.9 Å². The molecule has 0 bridgehead atoms. The van der Waals surface area contributed by atoms with Crippen molar-refractivity contribution in [1.82, 2.24) is 10.6 Å². The van der Waals surface area contributed by atoms with Crippen molar-refractivity contribution in [3.05, 3.63) is 109 Å². The predicted octanol–water partition coefficient (Wildman–Crippen LogP) is 4.96. The van der Waals surface area contributed by atoms with Gasteiger partial charge in [0.25, 0.3) is 6.26 Å². The van der Waals surface area contributed by atoms with Crippen LogP contribution in [-0.4, -0.2) is 205 Å². The molecule has 0 radical (unpaired) electrons. The Balaban J connectivity index is -0.000000841. The van der Waals surface area contributed by atoms with E-state index in [9.17, 15) is 72.5 Å². The lowest BCUT2D eigenvalue weighted by atomic mass is 9.86. The van der Waals surface area contributed by atoms with E-state index < -0.39 is 153 Å². The number of alkyl carbamates (subject to hydrolysis) is 2. The molecule has 548 valence electrons. The van der Waals surface area contributed by atoms with E-state index in [0.717, 1.165) is 0 Å². The molecule has 0 saturated carbocycles. The second-order valence-electron chi connectivity index (χ2n) is 22.1. The second-order valence-corrected chi connectivity index (χ2v) is 22.1. The zero-order valence-electron chi connectivity index (χ0n) is 56.9. The van der Waals surface area contributed by atoms with Gasteiger partial charge < -0.3 is 87.2 Å². The molecule has 4 atom stereocenters. The van der Waals surface area contributed by atoms with Crippen molar-refractivity contribution in [2.24, 2.45) is 10.8 Å². The summed E-state index contributed by atoms with van der Waals surface area (Å²) in [5.74, 6) is -8.13. The van der Waals surface area contributed by atoms with E-state index in [1.807, 2.05) is 0 Å². The summed E-state index contributed by atoms with van der Waals surface area (Å²) < 4.78 is 69.0. The first-order chi connectivity index (χ1) is 44.9. The SMILES string of the molecule is C.C=C(C)C(=O)OCC(O)COC(=O)C(=C)CC(C)(C)C(=O)OCC(O)COC(=O)C(=C)C.C=C(C)C(=O)OCCNC(=O)OC(COC(=O)C(=C)C)COC(=O)C(=C)CC(C)(C)C(=O)OCC(COC(=O)C(=C)C)OC(=O)NCCOC(=O)C(=C)C.C=C(C)C(=O)OCCOC#N. The average Bonchev–Trinajstić information content (AvgIpc) is 0.868. The van der Waals surface area contributed by atoms with Crippen LogP contribution in [0, 0.1) is 22.3 Å². The third-order valence-corrected chi connectivity index (χ3v) is 10.9. The Bertz CT molecular complexity index is 2950. The van der Waals surface area contributed by atoms with Crippen molar-refractivity contribution >= 4 is 77.8 Å². The number of aliphatic hydroxyl groups is 2.